The monoisotopic (exact) mass is 554 g/mol. The second-order valence-electron chi connectivity index (χ2n) is 5.90. The van der Waals surface area contributed by atoms with Gasteiger partial charge in [0.05, 0.1) is 26.1 Å². The van der Waals surface area contributed by atoms with Crippen molar-refractivity contribution < 1.29 is 24.2 Å². The molecule has 1 aliphatic rings. The number of halogens is 2. The third kappa shape index (κ3) is 5.87. The van der Waals surface area contributed by atoms with Crippen LogP contribution in [0.25, 0.3) is 6.08 Å². The van der Waals surface area contributed by atoms with Crippen molar-refractivity contribution in [2.45, 2.75) is 6.92 Å². The molecule has 0 aliphatic carbocycles. The van der Waals surface area contributed by atoms with Crippen LogP contribution in [-0.2, 0) is 9.59 Å². The molecule has 0 saturated carbocycles. The van der Waals surface area contributed by atoms with Crippen LogP contribution in [-0.4, -0.2) is 35.4 Å². The molecule has 30 heavy (non-hydrogen) atoms. The number of carboxylic acid groups (broad SMARTS) is 1. The Morgan fingerprint density at radius 3 is 2.47 bits per heavy atom. The first-order valence-corrected chi connectivity index (χ1v) is 11.1. The molecule has 2 aromatic rings. The highest BCUT2D eigenvalue weighted by Gasteiger charge is 2.24. The molecule has 0 unspecified atom stereocenters. The fraction of sp³-hybridized carbons (Fsp3) is 0.150. The molecule has 0 spiro atoms. The van der Waals surface area contributed by atoms with Crippen molar-refractivity contribution in [3.63, 3.8) is 0 Å². The smallest absolute Gasteiger partial charge is 0.341 e. The van der Waals surface area contributed by atoms with E-state index in [0.717, 1.165) is 11.3 Å². The molecule has 1 amide bonds. The number of hydrogen-bond donors (Lipinski definition) is 2. The van der Waals surface area contributed by atoms with Crippen molar-refractivity contribution in [2.75, 3.05) is 13.2 Å². The molecule has 2 aromatic carbocycles. The number of aliphatic carboxylic acids is 1. The maximum absolute atomic E-state index is 12.3. The molecule has 0 atom stereocenters. The number of nitrogens with one attached hydrogen (secondary N) is 1. The zero-order valence-corrected chi connectivity index (χ0v) is 19.6. The van der Waals surface area contributed by atoms with Gasteiger partial charge >= 0.3 is 5.97 Å². The van der Waals surface area contributed by atoms with E-state index in [4.69, 9.17) is 14.6 Å². The number of benzene rings is 2. The topological polar surface area (TPSA) is 97.2 Å². The summed E-state index contributed by atoms with van der Waals surface area (Å²) in [6.07, 6.45) is 1.72. The van der Waals surface area contributed by atoms with Crippen molar-refractivity contribution in [3.05, 3.63) is 55.8 Å². The zero-order chi connectivity index (χ0) is 21.7. The highest BCUT2D eigenvalue weighted by Crippen LogP contribution is 2.36. The lowest BCUT2D eigenvalue weighted by Crippen LogP contribution is -2.19. The number of thioether (sulfide) groups is 1. The lowest BCUT2D eigenvalue weighted by atomic mass is 10.2. The van der Waals surface area contributed by atoms with E-state index in [1.165, 1.54) is 11.8 Å². The Balaban J connectivity index is 1.76. The third-order valence-electron chi connectivity index (χ3n) is 3.69. The molecule has 0 bridgehead atoms. The van der Waals surface area contributed by atoms with E-state index in [1.54, 1.807) is 18.2 Å². The summed E-state index contributed by atoms with van der Waals surface area (Å²) in [4.78, 5) is 28.0. The van der Waals surface area contributed by atoms with E-state index in [9.17, 15) is 9.59 Å². The number of hydrogen-bond acceptors (Lipinski definition) is 6. The number of amidine groups is 1. The standard InChI is InChI=1S/C20H16Br2N2O5S/c1-2-28-13-5-3-12(4-6-13)23-20-24-19(27)16(30-20)9-11-7-14(21)18(15(22)8-11)29-10-17(25)26/h3-9H,2,10H2,1H3,(H,25,26)(H,23,24,27)/b16-9+. The molecule has 1 heterocycles. The van der Waals surface area contributed by atoms with E-state index in [-0.39, 0.29) is 5.91 Å². The van der Waals surface area contributed by atoms with Gasteiger partial charge in [0.25, 0.3) is 5.91 Å². The maximum Gasteiger partial charge on any atom is 0.341 e. The highest BCUT2D eigenvalue weighted by molar-refractivity contribution is 9.11. The van der Waals surface area contributed by atoms with E-state index < -0.39 is 12.6 Å². The van der Waals surface area contributed by atoms with Crippen LogP contribution < -0.4 is 14.8 Å². The largest absolute Gasteiger partial charge is 0.494 e. The Labute approximate surface area is 193 Å². The Bertz CT molecular complexity index is 1010. The lowest BCUT2D eigenvalue weighted by Gasteiger charge is -2.09. The van der Waals surface area contributed by atoms with Crippen molar-refractivity contribution in [1.29, 1.82) is 0 Å². The zero-order valence-electron chi connectivity index (χ0n) is 15.6. The van der Waals surface area contributed by atoms with Crippen LogP contribution in [0.4, 0.5) is 5.69 Å². The summed E-state index contributed by atoms with van der Waals surface area (Å²) in [5.74, 6) is -0.181. The second-order valence-corrected chi connectivity index (χ2v) is 8.64. The maximum atomic E-state index is 12.3. The van der Waals surface area contributed by atoms with Gasteiger partial charge in [0.2, 0.25) is 0 Å². The molecular formula is C20H16Br2N2O5S. The minimum atomic E-state index is -1.07. The van der Waals surface area contributed by atoms with Crippen molar-refractivity contribution in [1.82, 2.24) is 5.32 Å². The number of amides is 1. The normalized spacial score (nSPS) is 16.0. The summed E-state index contributed by atoms with van der Waals surface area (Å²) >= 11 is 7.97. The van der Waals surface area contributed by atoms with Gasteiger partial charge in [0.15, 0.2) is 11.8 Å². The minimum Gasteiger partial charge on any atom is -0.494 e. The molecule has 10 heteroatoms. The predicted molar refractivity (Wildman–Crippen MR) is 123 cm³/mol. The number of carbonyl (C=O) groups is 2. The molecule has 7 nitrogen and oxygen atoms in total. The summed E-state index contributed by atoms with van der Waals surface area (Å²) in [6.45, 7) is 2.05. The molecule has 1 saturated heterocycles. The third-order valence-corrected chi connectivity index (χ3v) is 5.78. The Kier molecular flexibility index (Phi) is 7.57. The van der Waals surface area contributed by atoms with Crippen LogP contribution in [0.1, 0.15) is 12.5 Å². The van der Waals surface area contributed by atoms with Crippen molar-refractivity contribution in [2.24, 2.45) is 4.99 Å². The number of nitrogens with zero attached hydrogens (tertiary/aromatic N) is 1. The molecule has 0 radical (unpaired) electrons. The average molecular weight is 556 g/mol. The Hall–Kier alpha value is -2.30. The fourth-order valence-electron chi connectivity index (χ4n) is 2.47. The summed E-state index contributed by atoms with van der Waals surface area (Å²) in [6, 6.07) is 10.8. The molecule has 1 fully saturated rings. The van der Waals surface area contributed by atoms with Crippen LogP contribution in [0.5, 0.6) is 11.5 Å². The number of aliphatic imine (C=N–C) groups is 1. The van der Waals surface area contributed by atoms with Gasteiger partial charge in [-0.05, 0) is 98.6 Å². The summed E-state index contributed by atoms with van der Waals surface area (Å²) < 4.78 is 11.8. The number of carbonyl (C=O) groups excluding carboxylic acids is 1. The van der Waals surface area contributed by atoms with Crippen LogP contribution in [0, 0.1) is 0 Å². The van der Waals surface area contributed by atoms with Gasteiger partial charge in [-0.15, -0.1) is 0 Å². The highest BCUT2D eigenvalue weighted by atomic mass is 79.9. The Morgan fingerprint density at radius 1 is 1.20 bits per heavy atom. The van der Waals surface area contributed by atoms with Crippen LogP contribution in [0.15, 0.2) is 55.2 Å². The second kappa shape index (κ2) is 10.1. The van der Waals surface area contributed by atoms with E-state index in [0.29, 0.717) is 37.1 Å². The summed E-state index contributed by atoms with van der Waals surface area (Å²) in [5, 5.41) is 12.0. The van der Waals surface area contributed by atoms with Crippen molar-refractivity contribution >= 4 is 72.4 Å². The number of ether oxygens (including phenoxy) is 2. The minimum absolute atomic E-state index is 0.247. The molecule has 156 valence electrons. The van der Waals surface area contributed by atoms with E-state index >= 15 is 0 Å². The van der Waals surface area contributed by atoms with E-state index in [1.807, 2.05) is 31.2 Å². The van der Waals surface area contributed by atoms with Crippen LogP contribution in [0.2, 0.25) is 0 Å². The van der Waals surface area contributed by atoms with Crippen LogP contribution in [0.3, 0.4) is 0 Å². The van der Waals surface area contributed by atoms with Gasteiger partial charge in [0, 0.05) is 0 Å². The lowest BCUT2D eigenvalue weighted by molar-refractivity contribution is -0.139. The summed E-state index contributed by atoms with van der Waals surface area (Å²) in [5.41, 5.74) is 1.43. The predicted octanol–water partition coefficient (Wildman–Crippen LogP) is 4.97. The first-order valence-electron chi connectivity index (χ1n) is 8.71. The molecule has 3 rings (SSSR count). The van der Waals surface area contributed by atoms with Gasteiger partial charge in [-0.2, -0.15) is 0 Å². The van der Waals surface area contributed by atoms with Gasteiger partial charge in [-0.3, -0.25) is 4.79 Å². The van der Waals surface area contributed by atoms with Crippen LogP contribution >= 0.6 is 43.6 Å². The molecule has 2 N–H and O–H groups in total. The van der Waals surface area contributed by atoms with Crippen molar-refractivity contribution in [3.8, 4) is 11.5 Å². The van der Waals surface area contributed by atoms with Gasteiger partial charge in [-0.25, -0.2) is 9.79 Å². The first-order chi connectivity index (χ1) is 14.4. The number of rotatable bonds is 7. The van der Waals surface area contributed by atoms with Gasteiger partial charge in [-0.1, -0.05) is 0 Å². The Morgan fingerprint density at radius 2 is 1.87 bits per heavy atom. The molecule has 1 aliphatic heterocycles. The van der Waals surface area contributed by atoms with Gasteiger partial charge < -0.3 is 19.9 Å². The first kappa shape index (κ1) is 22.4. The number of carboxylic acids is 1. The van der Waals surface area contributed by atoms with E-state index in [2.05, 4.69) is 42.2 Å². The quantitative estimate of drug-likeness (QED) is 0.468. The summed E-state index contributed by atoms with van der Waals surface area (Å²) in [7, 11) is 0. The SMILES string of the molecule is CCOc1ccc(N=C2NC(=O)/C(=C\c3cc(Br)c(OCC(=O)O)c(Br)c3)S2)cc1. The fourth-order valence-corrected chi connectivity index (χ4v) is 4.76. The molecule has 0 aromatic heterocycles. The van der Waals surface area contributed by atoms with Gasteiger partial charge in [0.1, 0.15) is 11.5 Å². The average Bonchev–Trinajstić information content (AvgIpc) is 3.01. The molecular weight excluding hydrogens is 540 g/mol.